The maximum Gasteiger partial charge on any atom is 0.280 e. The van der Waals surface area contributed by atoms with Crippen LogP contribution in [0.1, 0.15) is 23.5 Å². The highest BCUT2D eigenvalue weighted by Crippen LogP contribution is 2.44. The van der Waals surface area contributed by atoms with Crippen molar-refractivity contribution in [2.24, 2.45) is 0 Å². The molecule has 0 spiro atoms. The fraction of sp³-hybridized carbons (Fsp3) is 0.185. The molecular formula is C27H23ClN4O5S. The van der Waals surface area contributed by atoms with Gasteiger partial charge in [-0.3, -0.25) is 15.1 Å². The molecule has 0 aliphatic carbocycles. The van der Waals surface area contributed by atoms with Gasteiger partial charge in [0, 0.05) is 25.1 Å². The maximum absolute atomic E-state index is 11.6. The number of methoxy groups -OCH3 is 1. The van der Waals surface area contributed by atoms with Crippen molar-refractivity contribution in [3.8, 4) is 17.1 Å². The lowest BCUT2D eigenvalue weighted by Crippen LogP contribution is -2.29. The van der Waals surface area contributed by atoms with Crippen LogP contribution in [0.25, 0.3) is 11.3 Å². The van der Waals surface area contributed by atoms with Crippen LogP contribution in [0.3, 0.4) is 0 Å². The monoisotopic (exact) mass is 550 g/mol. The van der Waals surface area contributed by atoms with Gasteiger partial charge in [-0.2, -0.15) is 0 Å². The fourth-order valence-corrected chi connectivity index (χ4v) is 4.99. The highest BCUT2D eigenvalue weighted by atomic mass is 35.5. The minimum absolute atomic E-state index is 0.0394. The first-order chi connectivity index (χ1) is 18.5. The van der Waals surface area contributed by atoms with Crippen molar-refractivity contribution in [1.29, 1.82) is 0 Å². The Bertz CT molecular complexity index is 1460. The fourth-order valence-electron chi connectivity index (χ4n) is 4.41. The average Bonchev–Trinajstić information content (AvgIpc) is 3.55. The van der Waals surface area contributed by atoms with Gasteiger partial charge in [0.25, 0.3) is 5.69 Å². The van der Waals surface area contributed by atoms with E-state index in [2.05, 4.69) is 10.3 Å². The molecule has 38 heavy (non-hydrogen) atoms. The molecule has 0 amide bonds. The van der Waals surface area contributed by atoms with Gasteiger partial charge in [0.2, 0.25) is 0 Å². The number of para-hydroxylation sites is 1. The standard InChI is InChI=1S/C27H23ClN4O5S/c1-35-14-15-36-23-10-9-17(16-19(23)28)31-26(25(30-27(31)38)20-7-4-5-13-29-20)24-12-11-22(37-24)18-6-2-3-8-21(18)32(33)34/h2-13,16,25-26H,14-15H2,1H3,(H,30,38). The third kappa shape index (κ3) is 5.06. The zero-order valence-corrected chi connectivity index (χ0v) is 21.8. The molecule has 2 atom stereocenters. The normalized spacial score (nSPS) is 16.9. The van der Waals surface area contributed by atoms with Crippen molar-refractivity contribution in [2.75, 3.05) is 25.2 Å². The van der Waals surface area contributed by atoms with Gasteiger partial charge in [0.1, 0.15) is 29.9 Å². The first-order valence-corrected chi connectivity index (χ1v) is 12.5. The van der Waals surface area contributed by atoms with E-state index < -0.39 is 11.0 Å². The highest BCUT2D eigenvalue weighted by molar-refractivity contribution is 7.80. The average molecular weight is 551 g/mol. The molecule has 0 bridgehead atoms. The van der Waals surface area contributed by atoms with Gasteiger partial charge in [0.15, 0.2) is 5.11 Å². The summed E-state index contributed by atoms with van der Waals surface area (Å²) in [5.74, 6) is 1.46. The molecule has 194 valence electrons. The Hall–Kier alpha value is -3.99. The van der Waals surface area contributed by atoms with Gasteiger partial charge < -0.3 is 24.1 Å². The van der Waals surface area contributed by atoms with E-state index in [1.807, 2.05) is 29.2 Å². The van der Waals surface area contributed by atoms with Gasteiger partial charge in [0.05, 0.1) is 33.9 Å². The molecule has 2 unspecified atom stereocenters. The molecule has 1 aliphatic heterocycles. The van der Waals surface area contributed by atoms with E-state index >= 15 is 0 Å². The van der Waals surface area contributed by atoms with E-state index in [-0.39, 0.29) is 11.7 Å². The van der Waals surface area contributed by atoms with E-state index in [1.54, 1.807) is 55.8 Å². The molecule has 2 aromatic heterocycles. The Morgan fingerprint density at radius 1 is 1.13 bits per heavy atom. The van der Waals surface area contributed by atoms with Crippen molar-refractivity contribution in [3.63, 3.8) is 0 Å². The van der Waals surface area contributed by atoms with Crippen molar-refractivity contribution < 1.29 is 18.8 Å². The van der Waals surface area contributed by atoms with Crippen LogP contribution in [-0.2, 0) is 4.74 Å². The van der Waals surface area contributed by atoms with Crippen LogP contribution in [-0.4, -0.2) is 35.3 Å². The number of nitro groups is 1. The number of pyridine rings is 1. The zero-order valence-electron chi connectivity index (χ0n) is 20.2. The predicted octanol–water partition coefficient (Wildman–Crippen LogP) is 6.11. The topological polar surface area (TPSA) is 103 Å². The number of furan rings is 1. The Kier molecular flexibility index (Phi) is 7.54. The summed E-state index contributed by atoms with van der Waals surface area (Å²) in [5.41, 5.74) is 1.83. The summed E-state index contributed by atoms with van der Waals surface area (Å²) in [7, 11) is 1.60. The molecule has 1 aliphatic rings. The molecule has 3 heterocycles. The smallest absolute Gasteiger partial charge is 0.280 e. The first kappa shape index (κ1) is 25.7. The highest BCUT2D eigenvalue weighted by Gasteiger charge is 2.43. The minimum Gasteiger partial charge on any atom is -0.490 e. The van der Waals surface area contributed by atoms with Gasteiger partial charge >= 0.3 is 0 Å². The summed E-state index contributed by atoms with van der Waals surface area (Å²) >= 11 is 12.3. The summed E-state index contributed by atoms with van der Waals surface area (Å²) in [6.07, 6.45) is 1.71. The van der Waals surface area contributed by atoms with Crippen LogP contribution in [0.2, 0.25) is 5.02 Å². The molecule has 1 fully saturated rings. The van der Waals surface area contributed by atoms with Crippen LogP contribution in [0.15, 0.2) is 83.4 Å². The molecule has 1 saturated heterocycles. The first-order valence-electron chi connectivity index (χ1n) is 11.7. The van der Waals surface area contributed by atoms with E-state index in [0.717, 1.165) is 11.4 Å². The largest absolute Gasteiger partial charge is 0.490 e. The van der Waals surface area contributed by atoms with Gasteiger partial charge in [-0.25, -0.2) is 0 Å². The van der Waals surface area contributed by atoms with Gasteiger partial charge in [-0.1, -0.05) is 29.8 Å². The summed E-state index contributed by atoms with van der Waals surface area (Å²) < 4.78 is 17.0. The number of hydrogen-bond acceptors (Lipinski definition) is 7. The van der Waals surface area contributed by atoms with Crippen LogP contribution in [0.5, 0.6) is 5.75 Å². The molecule has 4 aromatic rings. The lowest BCUT2D eigenvalue weighted by molar-refractivity contribution is -0.384. The lowest BCUT2D eigenvalue weighted by Gasteiger charge is -2.26. The predicted molar refractivity (Wildman–Crippen MR) is 148 cm³/mol. The van der Waals surface area contributed by atoms with Crippen LogP contribution < -0.4 is 15.0 Å². The van der Waals surface area contributed by atoms with E-state index in [0.29, 0.717) is 46.2 Å². The minimum atomic E-state index is -0.453. The number of nitrogens with zero attached hydrogens (tertiary/aromatic N) is 3. The summed E-state index contributed by atoms with van der Waals surface area (Å²) in [5, 5.41) is 15.8. The number of benzene rings is 2. The van der Waals surface area contributed by atoms with Gasteiger partial charge in [-0.15, -0.1) is 0 Å². The second-order valence-corrected chi connectivity index (χ2v) is 9.22. The quantitative estimate of drug-likeness (QED) is 0.114. The number of hydrogen-bond donors (Lipinski definition) is 1. The molecule has 2 aromatic carbocycles. The molecule has 0 saturated carbocycles. The SMILES string of the molecule is COCCOc1ccc(N2C(=S)NC(c3ccccn3)C2c2ccc(-c3ccccc3[N+](=O)[O-])o2)cc1Cl. The molecule has 9 nitrogen and oxygen atoms in total. The zero-order chi connectivity index (χ0) is 26.6. The second kappa shape index (κ2) is 11.2. The lowest BCUT2D eigenvalue weighted by atomic mass is 10.0. The van der Waals surface area contributed by atoms with Crippen molar-refractivity contribution in [3.05, 3.63) is 106 Å². The molecular weight excluding hydrogens is 528 g/mol. The summed E-state index contributed by atoms with van der Waals surface area (Å²) in [6, 6.07) is 20.2. The Morgan fingerprint density at radius 2 is 1.95 bits per heavy atom. The number of nitro benzene ring substituents is 1. The van der Waals surface area contributed by atoms with Crippen molar-refractivity contribution in [1.82, 2.24) is 10.3 Å². The maximum atomic E-state index is 11.6. The van der Waals surface area contributed by atoms with Crippen LogP contribution in [0.4, 0.5) is 11.4 Å². The Balaban J connectivity index is 1.55. The van der Waals surface area contributed by atoms with Crippen molar-refractivity contribution in [2.45, 2.75) is 12.1 Å². The number of halogens is 1. The number of anilines is 1. The number of rotatable bonds is 9. The Morgan fingerprint density at radius 3 is 2.68 bits per heavy atom. The molecule has 1 N–H and O–H groups in total. The second-order valence-electron chi connectivity index (χ2n) is 8.43. The number of aromatic nitrogens is 1. The van der Waals surface area contributed by atoms with Crippen LogP contribution in [0, 0.1) is 10.1 Å². The third-order valence-corrected chi connectivity index (χ3v) is 6.73. The molecule has 5 rings (SSSR count). The van der Waals surface area contributed by atoms with E-state index in [1.165, 1.54) is 6.07 Å². The summed E-state index contributed by atoms with van der Waals surface area (Å²) in [4.78, 5) is 17.6. The van der Waals surface area contributed by atoms with Gasteiger partial charge in [-0.05, 0) is 60.7 Å². The number of nitrogens with one attached hydrogen (secondary N) is 1. The number of thiocarbonyl (C=S) groups is 1. The molecule has 11 heteroatoms. The van der Waals surface area contributed by atoms with Crippen LogP contribution >= 0.6 is 23.8 Å². The molecule has 0 radical (unpaired) electrons. The van der Waals surface area contributed by atoms with Crippen molar-refractivity contribution >= 4 is 40.3 Å². The third-order valence-electron chi connectivity index (χ3n) is 6.12. The summed E-state index contributed by atoms with van der Waals surface area (Å²) in [6.45, 7) is 0.802. The number of ether oxygens (including phenoxy) is 2. The van der Waals surface area contributed by atoms with E-state index in [9.17, 15) is 10.1 Å². The Labute approximate surface area is 229 Å². The van der Waals surface area contributed by atoms with E-state index in [4.69, 9.17) is 37.7 Å².